The van der Waals surface area contributed by atoms with Gasteiger partial charge in [-0.1, -0.05) is 45.0 Å². The van der Waals surface area contributed by atoms with Crippen LogP contribution in [0.1, 0.15) is 54.1 Å². The third-order valence-electron chi connectivity index (χ3n) is 5.88. The quantitative estimate of drug-likeness (QED) is 0.301. The summed E-state index contributed by atoms with van der Waals surface area (Å²) in [5.74, 6) is -2.36. The highest BCUT2D eigenvalue weighted by atomic mass is 32.1. The summed E-state index contributed by atoms with van der Waals surface area (Å²) in [6, 6.07) is 12.0. The Hall–Kier alpha value is -3.32. The van der Waals surface area contributed by atoms with Crippen molar-refractivity contribution in [2.75, 3.05) is 4.90 Å². The molecule has 2 heterocycles. The molecule has 33 heavy (non-hydrogen) atoms. The second kappa shape index (κ2) is 8.23. The van der Waals surface area contributed by atoms with E-state index in [9.17, 15) is 19.1 Å². The van der Waals surface area contributed by atoms with E-state index in [2.05, 4.69) is 25.8 Å². The van der Waals surface area contributed by atoms with Gasteiger partial charge in [0.05, 0.1) is 17.3 Å². The number of aliphatic hydroxyl groups excluding tert-OH is 1. The SMILES string of the molecule is Cc1nc(N2C(=O)C(=O)/C(=C(/O)c3ccc(F)cc3)C2c2ccc(C(C)(C)C)cc2)sc1C. The Bertz CT molecular complexity index is 1250. The number of Topliss-reactive ketones (excluding diaryl/α,β-unsaturated/α-hetero) is 1. The molecule has 4 rings (SSSR count). The number of carbonyl (C=O) groups is 2. The van der Waals surface area contributed by atoms with Gasteiger partial charge in [0.2, 0.25) is 0 Å². The van der Waals surface area contributed by atoms with Gasteiger partial charge >= 0.3 is 5.91 Å². The Balaban J connectivity index is 1.92. The molecule has 1 aliphatic heterocycles. The number of hydrogen-bond donors (Lipinski definition) is 1. The monoisotopic (exact) mass is 464 g/mol. The van der Waals surface area contributed by atoms with E-state index >= 15 is 0 Å². The lowest BCUT2D eigenvalue weighted by Crippen LogP contribution is -2.29. The first-order valence-corrected chi connectivity index (χ1v) is 11.4. The van der Waals surface area contributed by atoms with E-state index in [0.717, 1.165) is 16.1 Å². The Morgan fingerprint density at radius 3 is 2.15 bits per heavy atom. The van der Waals surface area contributed by atoms with Crippen LogP contribution in [0.25, 0.3) is 5.76 Å². The summed E-state index contributed by atoms with van der Waals surface area (Å²) in [4.78, 5) is 33.1. The summed E-state index contributed by atoms with van der Waals surface area (Å²) in [6.45, 7) is 10.0. The van der Waals surface area contributed by atoms with Gasteiger partial charge in [-0.15, -0.1) is 11.3 Å². The zero-order chi connectivity index (χ0) is 24.1. The second-order valence-corrected chi connectivity index (χ2v) is 10.4. The fourth-order valence-electron chi connectivity index (χ4n) is 3.83. The number of aryl methyl sites for hydroxylation is 2. The van der Waals surface area contributed by atoms with Crippen LogP contribution in [0, 0.1) is 19.7 Å². The Labute approximate surface area is 196 Å². The molecule has 3 aromatic rings. The summed E-state index contributed by atoms with van der Waals surface area (Å²) in [5, 5.41) is 11.5. The maximum atomic E-state index is 13.4. The molecule has 1 N–H and O–H groups in total. The van der Waals surface area contributed by atoms with Crippen molar-refractivity contribution < 1.29 is 19.1 Å². The van der Waals surface area contributed by atoms with Gasteiger partial charge in [-0.3, -0.25) is 14.5 Å². The average molecular weight is 465 g/mol. The Morgan fingerprint density at radius 1 is 1.03 bits per heavy atom. The fraction of sp³-hybridized carbons (Fsp3) is 0.269. The van der Waals surface area contributed by atoms with Crippen LogP contribution in [0.4, 0.5) is 9.52 Å². The van der Waals surface area contributed by atoms with E-state index in [-0.39, 0.29) is 22.3 Å². The van der Waals surface area contributed by atoms with Gasteiger partial charge in [0.1, 0.15) is 11.6 Å². The zero-order valence-electron chi connectivity index (χ0n) is 19.1. The normalized spacial score (nSPS) is 18.2. The van der Waals surface area contributed by atoms with Crippen LogP contribution in [0.5, 0.6) is 0 Å². The minimum absolute atomic E-state index is 0.0411. The Morgan fingerprint density at radius 2 is 1.64 bits per heavy atom. The van der Waals surface area contributed by atoms with Crippen molar-refractivity contribution in [2.24, 2.45) is 0 Å². The van der Waals surface area contributed by atoms with Gasteiger partial charge in [0.25, 0.3) is 5.78 Å². The first-order chi connectivity index (χ1) is 15.5. The lowest BCUT2D eigenvalue weighted by atomic mass is 9.85. The summed E-state index contributed by atoms with van der Waals surface area (Å²) in [6.07, 6.45) is 0. The van der Waals surface area contributed by atoms with Gasteiger partial charge in [0.15, 0.2) is 5.13 Å². The van der Waals surface area contributed by atoms with Crippen molar-refractivity contribution in [3.63, 3.8) is 0 Å². The largest absolute Gasteiger partial charge is 0.507 e. The summed E-state index contributed by atoms with van der Waals surface area (Å²) in [5.41, 5.74) is 2.70. The second-order valence-electron chi connectivity index (χ2n) is 9.19. The van der Waals surface area contributed by atoms with Crippen molar-refractivity contribution >= 4 is 33.9 Å². The molecule has 1 amide bonds. The van der Waals surface area contributed by atoms with E-state index < -0.39 is 23.5 Å². The highest BCUT2D eigenvalue weighted by Gasteiger charge is 2.48. The van der Waals surface area contributed by atoms with Crippen molar-refractivity contribution in [2.45, 2.75) is 46.1 Å². The number of carbonyl (C=O) groups excluding carboxylic acids is 2. The number of hydrogen-bond acceptors (Lipinski definition) is 5. The maximum Gasteiger partial charge on any atom is 0.301 e. The molecule has 1 aliphatic rings. The summed E-state index contributed by atoms with van der Waals surface area (Å²) >= 11 is 1.32. The van der Waals surface area contributed by atoms with E-state index in [1.165, 1.54) is 40.5 Å². The van der Waals surface area contributed by atoms with E-state index in [1.807, 2.05) is 38.1 Å². The first-order valence-electron chi connectivity index (χ1n) is 10.6. The summed E-state index contributed by atoms with van der Waals surface area (Å²) < 4.78 is 13.4. The zero-order valence-corrected chi connectivity index (χ0v) is 20.0. The van der Waals surface area contributed by atoms with Gasteiger partial charge in [-0.25, -0.2) is 9.37 Å². The number of nitrogens with zero attached hydrogens (tertiary/aromatic N) is 2. The number of amides is 1. The molecule has 2 aromatic carbocycles. The molecule has 1 saturated heterocycles. The highest BCUT2D eigenvalue weighted by Crippen LogP contribution is 2.44. The van der Waals surface area contributed by atoms with Crippen molar-refractivity contribution in [3.05, 3.63) is 87.2 Å². The minimum Gasteiger partial charge on any atom is -0.507 e. The molecule has 1 aromatic heterocycles. The number of halogens is 1. The molecule has 1 unspecified atom stereocenters. The number of benzene rings is 2. The number of rotatable bonds is 3. The van der Waals surface area contributed by atoms with Crippen LogP contribution in [-0.2, 0) is 15.0 Å². The molecule has 1 fully saturated rings. The van der Waals surface area contributed by atoms with Crippen molar-refractivity contribution in [3.8, 4) is 0 Å². The smallest absolute Gasteiger partial charge is 0.301 e. The molecule has 5 nitrogen and oxygen atoms in total. The van der Waals surface area contributed by atoms with Crippen LogP contribution in [0.3, 0.4) is 0 Å². The van der Waals surface area contributed by atoms with Crippen LogP contribution >= 0.6 is 11.3 Å². The topological polar surface area (TPSA) is 70.5 Å². The maximum absolute atomic E-state index is 13.4. The average Bonchev–Trinajstić information content (AvgIpc) is 3.23. The number of thiazole rings is 1. The molecule has 0 radical (unpaired) electrons. The number of ketones is 1. The predicted octanol–water partition coefficient (Wildman–Crippen LogP) is 5.82. The molecule has 0 saturated carbocycles. The fourth-order valence-corrected chi connectivity index (χ4v) is 4.77. The molecule has 170 valence electrons. The van der Waals surface area contributed by atoms with E-state index in [4.69, 9.17) is 0 Å². The van der Waals surface area contributed by atoms with Crippen LogP contribution in [0.2, 0.25) is 0 Å². The van der Waals surface area contributed by atoms with Crippen LogP contribution in [-0.4, -0.2) is 21.8 Å². The molecule has 0 bridgehead atoms. The number of aliphatic hydroxyl groups is 1. The number of anilines is 1. The standard InChI is InChI=1S/C26H25FN2O3S/c1-14-15(2)33-25(28-14)29-21(16-6-10-18(11-7-16)26(3,4)5)20(23(31)24(29)32)22(30)17-8-12-19(27)13-9-17/h6-13,21,30H,1-5H3/b22-20+. The molecule has 0 aliphatic carbocycles. The predicted molar refractivity (Wildman–Crippen MR) is 128 cm³/mol. The van der Waals surface area contributed by atoms with Gasteiger partial charge in [0, 0.05) is 10.4 Å². The third-order valence-corrected chi connectivity index (χ3v) is 6.95. The highest BCUT2D eigenvalue weighted by molar-refractivity contribution is 7.16. The first kappa shape index (κ1) is 22.9. The lowest BCUT2D eigenvalue weighted by molar-refractivity contribution is -0.132. The van der Waals surface area contributed by atoms with Crippen LogP contribution < -0.4 is 4.90 Å². The van der Waals surface area contributed by atoms with E-state index in [0.29, 0.717) is 10.7 Å². The van der Waals surface area contributed by atoms with Crippen molar-refractivity contribution in [1.29, 1.82) is 0 Å². The molecule has 0 spiro atoms. The lowest BCUT2D eigenvalue weighted by Gasteiger charge is -2.24. The molecule has 1 atom stereocenters. The minimum atomic E-state index is -0.853. The van der Waals surface area contributed by atoms with Gasteiger partial charge in [-0.05, 0) is 54.7 Å². The third kappa shape index (κ3) is 4.09. The van der Waals surface area contributed by atoms with Gasteiger partial charge < -0.3 is 5.11 Å². The molecular weight excluding hydrogens is 439 g/mol. The van der Waals surface area contributed by atoms with Gasteiger partial charge in [-0.2, -0.15) is 0 Å². The molecular formula is C26H25FN2O3S. The summed E-state index contributed by atoms with van der Waals surface area (Å²) in [7, 11) is 0. The van der Waals surface area contributed by atoms with E-state index in [1.54, 1.807) is 0 Å². The Kier molecular flexibility index (Phi) is 5.70. The number of aromatic nitrogens is 1. The molecule has 7 heteroatoms. The van der Waals surface area contributed by atoms with Crippen molar-refractivity contribution in [1.82, 2.24) is 4.98 Å². The van der Waals surface area contributed by atoms with Crippen LogP contribution in [0.15, 0.2) is 54.1 Å².